The highest BCUT2D eigenvalue weighted by molar-refractivity contribution is 6.31. The largest absolute Gasteiger partial charge is 0.378 e. The van der Waals surface area contributed by atoms with Crippen LogP contribution in [0, 0.1) is 6.92 Å². The second kappa shape index (κ2) is 7.55. The average molecular weight is 382 g/mol. The van der Waals surface area contributed by atoms with Crippen molar-refractivity contribution in [1.82, 2.24) is 9.88 Å². The number of carbonyl (C=O) groups is 1. The molecule has 1 aliphatic heterocycles. The number of benzene rings is 2. The van der Waals surface area contributed by atoms with E-state index < -0.39 is 0 Å². The van der Waals surface area contributed by atoms with Crippen molar-refractivity contribution in [3.05, 3.63) is 64.8 Å². The molecule has 1 aromatic heterocycles. The highest BCUT2D eigenvalue weighted by atomic mass is 35.5. The minimum absolute atomic E-state index is 0.0428. The highest BCUT2D eigenvalue weighted by Gasteiger charge is 2.23. The van der Waals surface area contributed by atoms with Crippen LogP contribution in [0.5, 0.6) is 0 Å². The molecule has 4 rings (SSSR count). The van der Waals surface area contributed by atoms with E-state index in [1.54, 1.807) is 6.20 Å². The Morgan fingerprint density at radius 1 is 1.15 bits per heavy atom. The Hall–Kier alpha value is -2.63. The van der Waals surface area contributed by atoms with E-state index in [0.717, 1.165) is 27.8 Å². The first-order valence-corrected chi connectivity index (χ1v) is 9.30. The van der Waals surface area contributed by atoms with Crippen LogP contribution in [0.2, 0.25) is 5.02 Å². The van der Waals surface area contributed by atoms with Crippen molar-refractivity contribution in [2.75, 3.05) is 31.6 Å². The first kappa shape index (κ1) is 17.8. The number of aromatic nitrogens is 1. The van der Waals surface area contributed by atoms with E-state index in [1.165, 1.54) is 0 Å². The fourth-order valence-electron chi connectivity index (χ4n) is 3.25. The molecular weight excluding hydrogens is 362 g/mol. The Balaban J connectivity index is 1.82. The van der Waals surface area contributed by atoms with Gasteiger partial charge in [0, 0.05) is 35.4 Å². The van der Waals surface area contributed by atoms with Crippen LogP contribution in [-0.2, 0) is 4.74 Å². The number of hydrogen-bond donors (Lipinski definition) is 1. The van der Waals surface area contributed by atoms with Crippen LogP contribution in [0.4, 0.5) is 11.4 Å². The Morgan fingerprint density at radius 3 is 2.74 bits per heavy atom. The molecule has 0 atom stereocenters. The molecule has 138 valence electrons. The zero-order valence-electron chi connectivity index (χ0n) is 15.0. The monoisotopic (exact) mass is 381 g/mol. The molecule has 1 fully saturated rings. The Labute approximate surface area is 162 Å². The summed E-state index contributed by atoms with van der Waals surface area (Å²) in [4.78, 5) is 19.5. The molecule has 0 radical (unpaired) electrons. The number of morpholine rings is 1. The van der Waals surface area contributed by atoms with Gasteiger partial charge in [-0.25, -0.2) is 0 Å². The number of anilines is 2. The molecule has 1 N–H and O–H groups in total. The van der Waals surface area contributed by atoms with Crippen LogP contribution in [0.25, 0.3) is 10.9 Å². The zero-order chi connectivity index (χ0) is 18.8. The van der Waals surface area contributed by atoms with Crippen LogP contribution in [0.1, 0.15) is 15.9 Å². The van der Waals surface area contributed by atoms with Gasteiger partial charge >= 0.3 is 0 Å². The maximum Gasteiger partial charge on any atom is 0.257 e. The summed E-state index contributed by atoms with van der Waals surface area (Å²) < 4.78 is 5.37. The van der Waals surface area contributed by atoms with Crippen molar-refractivity contribution in [3.8, 4) is 0 Å². The van der Waals surface area contributed by atoms with Crippen LogP contribution >= 0.6 is 11.6 Å². The van der Waals surface area contributed by atoms with Gasteiger partial charge in [0.2, 0.25) is 0 Å². The molecule has 5 nitrogen and oxygen atoms in total. The molecule has 0 spiro atoms. The number of fused-ring (bicyclic) bond motifs is 1. The molecule has 3 aromatic rings. The van der Waals surface area contributed by atoms with Crippen LogP contribution < -0.4 is 5.32 Å². The van der Waals surface area contributed by atoms with Gasteiger partial charge in [-0.2, -0.15) is 0 Å². The molecule has 6 heteroatoms. The minimum Gasteiger partial charge on any atom is -0.378 e. The predicted octanol–water partition coefficient (Wildman–Crippen LogP) is 4.41. The van der Waals surface area contributed by atoms with E-state index in [0.29, 0.717) is 36.9 Å². The standard InChI is InChI=1S/C21H20ClN3O2/c1-14-17(22)6-4-8-18(14)24-20-15-5-2-3-7-19(15)23-13-16(20)21(26)25-9-11-27-12-10-25/h2-8,13H,9-12H2,1H3,(H,23,24). The van der Waals surface area contributed by atoms with Gasteiger partial charge in [0.1, 0.15) is 0 Å². The molecule has 0 aliphatic carbocycles. The smallest absolute Gasteiger partial charge is 0.257 e. The Morgan fingerprint density at radius 2 is 1.93 bits per heavy atom. The SMILES string of the molecule is Cc1c(Cl)cccc1Nc1c(C(=O)N2CCOCC2)cnc2ccccc12. The number of hydrogen-bond acceptors (Lipinski definition) is 4. The molecule has 1 amide bonds. The van der Waals surface area contributed by atoms with Gasteiger partial charge in [-0.3, -0.25) is 9.78 Å². The van der Waals surface area contributed by atoms with E-state index in [1.807, 2.05) is 54.3 Å². The maximum atomic E-state index is 13.2. The quantitative estimate of drug-likeness (QED) is 0.730. The Kier molecular flexibility index (Phi) is 4.97. The van der Waals surface area contributed by atoms with E-state index in [9.17, 15) is 4.79 Å². The van der Waals surface area contributed by atoms with Gasteiger partial charge in [-0.15, -0.1) is 0 Å². The summed E-state index contributed by atoms with van der Waals surface area (Å²) >= 11 is 6.28. The topological polar surface area (TPSA) is 54.5 Å². The number of para-hydroxylation sites is 1. The number of carbonyl (C=O) groups excluding carboxylic acids is 1. The zero-order valence-corrected chi connectivity index (χ0v) is 15.8. The third kappa shape index (κ3) is 3.48. The molecule has 1 aliphatic rings. The lowest BCUT2D eigenvalue weighted by Crippen LogP contribution is -2.41. The second-order valence-electron chi connectivity index (χ2n) is 6.51. The van der Waals surface area contributed by atoms with E-state index in [2.05, 4.69) is 10.3 Å². The number of halogens is 1. The van der Waals surface area contributed by atoms with Crippen molar-refractivity contribution in [3.63, 3.8) is 0 Å². The minimum atomic E-state index is -0.0428. The number of nitrogens with zero attached hydrogens (tertiary/aromatic N) is 2. The molecule has 1 saturated heterocycles. The average Bonchev–Trinajstić information content (AvgIpc) is 2.71. The molecule has 0 unspecified atom stereocenters. The molecule has 2 heterocycles. The van der Waals surface area contributed by atoms with Crippen LogP contribution in [0.15, 0.2) is 48.7 Å². The second-order valence-corrected chi connectivity index (χ2v) is 6.91. The lowest BCUT2D eigenvalue weighted by atomic mass is 10.1. The number of pyridine rings is 1. The van der Waals surface area contributed by atoms with Gasteiger partial charge in [0.05, 0.1) is 30.0 Å². The molecule has 27 heavy (non-hydrogen) atoms. The summed E-state index contributed by atoms with van der Waals surface area (Å²) in [5, 5.41) is 5.02. The molecule has 0 bridgehead atoms. The van der Waals surface area contributed by atoms with Gasteiger partial charge in [-0.1, -0.05) is 35.9 Å². The molecular formula is C21H20ClN3O2. The van der Waals surface area contributed by atoms with Crippen molar-refractivity contribution in [2.24, 2.45) is 0 Å². The van der Waals surface area contributed by atoms with Crippen molar-refractivity contribution in [2.45, 2.75) is 6.92 Å². The molecule has 0 saturated carbocycles. The van der Waals surface area contributed by atoms with E-state index >= 15 is 0 Å². The number of amides is 1. The summed E-state index contributed by atoms with van der Waals surface area (Å²) in [5.74, 6) is -0.0428. The van der Waals surface area contributed by atoms with Gasteiger partial charge < -0.3 is 15.0 Å². The third-order valence-corrected chi connectivity index (χ3v) is 5.24. The van der Waals surface area contributed by atoms with Gasteiger partial charge in [-0.05, 0) is 30.7 Å². The first-order valence-electron chi connectivity index (χ1n) is 8.92. The first-order chi connectivity index (χ1) is 13.1. The summed E-state index contributed by atoms with van der Waals surface area (Å²) in [6.07, 6.45) is 1.66. The summed E-state index contributed by atoms with van der Waals surface area (Å²) in [7, 11) is 0. The summed E-state index contributed by atoms with van der Waals surface area (Å²) in [6, 6.07) is 13.5. The number of ether oxygens (including phenoxy) is 1. The van der Waals surface area contributed by atoms with Crippen molar-refractivity contribution in [1.29, 1.82) is 0 Å². The third-order valence-electron chi connectivity index (χ3n) is 4.83. The van der Waals surface area contributed by atoms with Crippen molar-refractivity contribution >= 4 is 39.8 Å². The van der Waals surface area contributed by atoms with Gasteiger partial charge in [0.15, 0.2) is 0 Å². The fraction of sp³-hybridized carbons (Fsp3) is 0.238. The summed E-state index contributed by atoms with van der Waals surface area (Å²) in [6.45, 7) is 4.24. The van der Waals surface area contributed by atoms with Crippen molar-refractivity contribution < 1.29 is 9.53 Å². The van der Waals surface area contributed by atoms with Crippen LogP contribution in [-0.4, -0.2) is 42.1 Å². The normalized spacial score (nSPS) is 14.4. The van der Waals surface area contributed by atoms with E-state index in [4.69, 9.17) is 16.3 Å². The lowest BCUT2D eigenvalue weighted by molar-refractivity contribution is 0.0303. The summed E-state index contributed by atoms with van der Waals surface area (Å²) in [5.41, 5.74) is 3.94. The van der Waals surface area contributed by atoms with Crippen LogP contribution in [0.3, 0.4) is 0 Å². The van der Waals surface area contributed by atoms with E-state index in [-0.39, 0.29) is 5.91 Å². The number of rotatable bonds is 3. The predicted molar refractivity (Wildman–Crippen MR) is 108 cm³/mol. The Bertz CT molecular complexity index is 1000. The van der Waals surface area contributed by atoms with Gasteiger partial charge in [0.25, 0.3) is 5.91 Å². The lowest BCUT2D eigenvalue weighted by Gasteiger charge is -2.28. The fourth-order valence-corrected chi connectivity index (χ4v) is 3.43. The number of nitrogens with one attached hydrogen (secondary N) is 1. The maximum absolute atomic E-state index is 13.2. The molecule has 2 aromatic carbocycles. The highest BCUT2D eigenvalue weighted by Crippen LogP contribution is 2.33.